The Hall–Kier alpha value is -3.79. The molecule has 10 heteroatoms. The molecule has 0 radical (unpaired) electrons. The fourth-order valence-corrected chi connectivity index (χ4v) is 6.79. The van der Waals surface area contributed by atoms with Gasteiger partial charge in [-0.05, 0) is 37.4 Å². The standard InChI is InChI=1S/C25H24N4O6/c1-3-13-6-4-7-15-21(13)26-24(32)25(15)20-19(17-8-5-11-27(17)25)22(30)28(23(20)31)16-10-9-14(29(33)34)12-18(16)35-2/h4,6-7,9-10,12,17,19-20H,3,5,8,11H2,1-2H3,(H,26,32)/t17-,19-,20-,25-/m1/s1. The largest absolute Gasteiger partial charge is 0.494 e. The monoisotopic (exact) mass is 476 g/mol. The number of imide groups is 1. The van der Waals surface area contributed by atoms with Crippen LogP contribution < -0.4 is 15.0 Å². The highest BCUT2D eigenvalue weighted by molar-refractivity contribution is 6.26. The van der Waals surface area contributed by atoms with E-state index in [1.165, 1.54) is 25.3 Å². The second-order valence-corrected chi connectivity index (χ2v) is 9.45. The number of fused-ring (bicyclic) bond motifs is 7. The number of nitrogens with zero attached hydrogens (tertiary/aromatic N) is 3. The normalized spacial score (nSPS) is 28.9. The summed E-state index contributed by atoms with van der Waals surface area (Å²) in [5.41, 5.74) is 1.15. The van der Waals surface area contributed by atoms with E-state index in [1.807, 2.05) is 25.1 Å². The number of carbonyl (C=O) groups is 3. The van der Waals surface area contributed by atoms with Crippen molar-refractivity contribution in [2.75, 3.05) is 23.9 Å². The van der Waals surface area contributed by atoms with Crippen molar-refractivity contribution in [3.05, 3.63) is 57.6 Å². The van der Waals surface area contributed by atoms with Gasteiger partial charge in [0.1, 0.15) is 11.3 Å². The molecule has 2 aromatic carbocycles. The first-order chi connectivity index (χ1) is 16.9. The lowest BCUT2D eigenvalue weighted by molar-refractivity contribution is -0.384. The van der Waals surface area contributed by atoms with E-state index < -0.39 is 34.1 Å². The summed E-state index contributed by atoms with van der Waals surface area (Å²) in [7, 11) is 1.33. The van der Waals surface area contributed by atoms with Crippen LogP contribution in [0.15, 0.2) is 36.4 Å². The van der Waals surface area contributed by atoms with Crippen LogP contribution in [-0.2, 0) is 26.3 Å². The van der Waals surface area contributed by atoms with Gasteiger partial charge in [0.05, 0.1) is 35.6 Å². The van der Waals surface area contributed by atoms with E-state index in [4.69, 9.17) is 4.74 Å². The molecule has 3 amide bonds. The predicted molar refractivity (Wildman–Crippen MR) is 125 cm³/mol. The van der Waals surface area contributed by atoms with Crippen molar-refractivity contribution in [3.63, 3.8) is 0 Å². The molecule has 0 aliphatic carbocycles. The van der Waals surface area contributed by atoms with Gasteiger partial charge in [-0.3, -0.25) is 29.4 Å². The number of nitrogens with one attached hydrogen (secondary N) is 1. The minimum Gasteiger partial charge on any atom is -0.494 e. The maximum Gasteiger partial charge on any atom is 0.273 e. The maximum atomic E-state index is 14.1. The summed E-state index contributed by atoms with van der Waals surface area (Å²) in [5, 5.41) is 14.3. The number of nitro benzene ring substituents is 1. The summed E-state index contributed by atoms with van der Waals surface area (Å²) in [4.78, 5) is 55.6. The molecule has 0 saturated carbocycles. The van der Waals surface area contributed by atoms with Crippen molar-refractivity contribution in [3.8, 4) is 5.75 Å². The number of anilines is 2. The third-order valence-corrected chi connectivity index (χ3v) is 8.11. The molecule has 3 saturated heterocycles. The third-order valence-electron chi connectivity index (χ3n) is 8.11. The lowest BCUT2D eigenvalue weighted by Crippen LogP contribution is -2.54. The van der Waals surface area contributed by atoms with Crippen molar-refractivity contribution in [1.29, 1.82) is 0 Å². The second-order valence-electron chi connectivity index (χ2n) is 9.45. The summed E-state index contributed by atoms with van der Waals surface area (Å²) in [6.45, 7) is 2.64. The Morgan fingerprint density at radius 2 is 2.00 bits per heavy atom. The van der Waals surface area contributed by atoms with Crippen LogP contribution >= 0.6 is 0 Å². The Morgan fingerprint density at radius 3 is 2.71 bits per heavy atom. The van der Waals surface area contributed by atoms with Gasteiger partial charge in [-0.25, -0.2) is 4.90 Å². The summed E-state index contributed by atoms with van der Waals surface area (Å²) in [5.74, 6) is -2.67. The number of methoxy groups -OCH3 is 1. The maximum absolute atomic E-state index is 14.1. The molecule has 4 aliphatic rings. The fraction of sp³-hybridized carbons (Fsp3) is 0.400. The van der Waals surface area contributed by atoms with Gasteiger partial charge in [0, 0.05) is 23.4 Å². The van der Waals surface area contributed by atoms with Gasteiger partial charge in [-0.15, -0.1) is 0 Å². The van der Waals surface area contributed by atoms with Crippen LogP contribution in [0.2, 0.25) is 0 Å². The van der Waals surface area contributed by atoms with E-state index in [0.717, 1.165) is 34.6 Å². The van der Waals surface area contributed by atoms with Crippen molar-refractivity contribution in [2.45, 2.75) is 37.8 Å². The number of hydrogen-bond acceptors (Lipinski definition) is 7. The Labute approximate surface area is 201 Å². The molecule has 0 bridgehead atoms. The first-order valence-corrected chi connectivity index (χ1v) is 11.8. The van der Waals surface area contributed by atoms with Crippen molar-refractivity contribution >= 4 is 34.8 Å². The second kappa shape index (κ2) is 7.35. The SMILES string of the molecule is CCc1cccc2c1NC(=O)[C@]21[C@H]2C(=O)N(c3ccc([N+](=O)[O-])cc3OC)C(=O)[C@@H]2[C@H]2CCCN21. The van der Waals surface area contributed by atoms with Gasteiger partial charge >= 0.3 is 0 Å². The highest BCUT2D eigenvalue weighted by Gasteiger charge is 2.74. The highest BCUT2D eigenvalue weighted by Crippen LogP contribution is 2.61. The number of nitro groups is 1. The zero-order chi connectivity index (χ0) is 24.6. The van der Waals surface area contributed by atoms with Crippen molar-refractivity contribution < 1.29 is 24.0 Å². The number of carbonyl (C=O) groups excluding carboxylic acids is 3. The molecule has 4 atom stereocenters. The lowest BCUT2D eigenvalue weighted by Gasteiger charge is -2.36. The molecule has 180 valence electrons. The number of non-ortho nitro benzene ring substituents is 1. The number of aryl methyl sites for hydroxylation is 1. The molecular formula is C25H24N4O6. The minimum absolute atomic E-state index is 0.0581. The molecule has 6 rings (SSSR count). The number of para-hydroxylation sites is 1. The van der Waals surface area contributed by atoms with Crippen LogP contribution in [0.5, 0.6) is 5.75 Å². The van der Waals surface area contributed by atoms with E-state index in [-0.39, 0.29) is 29.1 Å². The molecule has 4 aliphatic heterocycles. The van der Waals surface area contributed by atoms with Crippen LogP contribution in [0.25, 0.3) is 0 Å². The van der Waals surface area contributed by atoms with E-state index in [0.29, 0.717) is 13.0 Å². The number of benzene rings is 2. The summed E-state index contributed by atoms with van der Waals surface area (Å²) in [6.07, 6.45) is 2.26. The quantitative estimate of drug-likeness (QED) is 0.409. The predicted octanol–water partition coefficient (Wildman–Crippen LogP) is 2.60. The van der Waals surface area contributed by atoms with Gasteiger partial charge in [-0.1, -0.05) is 25.1 Å². The molecule has 3 fully saturated rings. The van der Waals surface area contributed by atoms with Gasteiger partial charge in [0.2, 0.25) is 17.7 Å². The Balaban J connectivity index is 1.53. The lowest BCUT2D eigenvalue weighted by atomic mass is 9.75. The number of ether oxygens (including phenoxy) is 1. The molecular weight excluding hydrogens is 452 g/mol. The first kappa shape index (κ1) is 21.7. The summed E-state index contributed by atoms with van der Waals surface area (Å²) >= 11 is 0. The van der Waals surface area contributed by atoms with Crippen LogP contribution in [0.1, 0.15) is 30.9 Å². The topological polar surface area (TPSA) is 122 Å². The van der Waals surface area contributed by atoms with Crippen LogP contribution in [0.4, 0.5) is 17.1 Å². The van der Waals surface area contributed by atoms with Gasteiger partial charge in [-0.2, -0.15) is 0 Å². The number of amides is 3. The van der Waals surface area contributed by atoms with Gasteiger partial charge in [0.15, 0.2) is 0 Å². The number of rotatable bonds is 4. The van der Waals surface area contributed by atoms with Gasteiger partial charge < -0.3 is 10.1 Å². The molecule has 1 spiro atoms. The van der Waals surface area contributed by atoms with Crippen LogP contribution in [-0.4, -0.2) is 47.2 Å². The van der Waals surface area contributed by atoms with E-state index >= 15 is 0 Å². The molecule has 35 heavy (non-hydrogen) atoms. The smallest absolute Gasteiger partial charge is 0.273 e. The van der Waals surface area contributed by atoms with Gasteiger partial charge in [0.25, 0.3) is 5.69 Å². The molecule has 0 aromatic heterocycles. The van der Waals surface area contributed by atoms with Crippen molar-refractivity contribution in [1.82, 2.24) is 4.90 Å². The van der Waals surface area contributed by atoms with Crippen molar-refractivity contribution in [2.24, 2.45) is 11.8 Å². The zero-order valence-electron chi connectivity index (χ0n) is 19.3. The Kier molecular flexibility index (Phi) is 4.56. The molecule has 4 heterocycles. The molecule has 0 unspecified atom stereocenters. The fourth-order valence-electron chi connectivity index (χ4n) is 6.79. The van der Waals surface area contributed by atoms with E-state index in [9.17, 15) is 24.5 Å². The number of hydrogen-bond donors (Lipinski definition) is 1. The van der Waals surface area contributed by atoms with E-state index in [1.54, 1.807) is 0 Å². The van der Waals surface area contributed by atoms with E-state index in [2.05, 4.69) is 10.2 Å². The minimum atomic E-state index is -1.26. The first-order valence-electron chi connectivity index (χ1n) is 11.8. The summed E-state index contributed by atoms with van der Waals surface area (Å²) in [6, 6.07) is 9.31. The molecule has 1 N–H and O–H groups in total. The highest BCUT2D eigenvalue weighted by atomic mass is 16.6. The third kappa shape index (κ3) is 2.54. The average molecular weight is 476 g/mol. The Bertz CT molecular complexity index is 1330. The molecule has 2 aromatic rings. The zero-order valence-corrected chi connectivity index (χ0v) is 19.3. The Morgan fingerprint density at radius 1 is 1.20 bits per heavy atom. The molecule has 10 nitrogen and oxygen atoms in total. The van der Waals surface area contributed by atoms with Crippen LogP contribution in [0, 0.1) is 22.0 Å². The average Bonchev–Trinajstić information content (AvgIpc) is 3.56. The summed E-state index contributed by atoms with van der Waals surface area (Å²) < 4.78 is 5.34. The van der Waals surface area contributed by atoms with Crippen LogP contribution in [0.3, 0.4) is 0 Å².